The number of nitrogens with zero attached hydrogens (tertiary/aromatic N) is 1. The van der Waals surface area contributed by atoms with Crippen molar-refractivity contribution in [2.24, 2.45) is 5.73 Å². The highest BCUT2D eigenvalue weighted by Crippen LogP contribution is 2.22. The van der Waals surface area contributed by atoms with Gasteiger partial charge in [-0.05, 0) is 57.5 Å². The SMILES string of the molecule is CC.CC(C)=CCN(CC(C)(C)N)c1ccc(OCc2ccccc2)cc1. The summed E-state index contributed by atoms with van der Waals surface area (Å²) < 4.78 is 5.87. The van der Waals surface area contributed by atoms with E-state index < -0.39 is 0 Å². The predicted molar refractivity (Wildman–Crippen MR) is 118 cm³/mol. The highest BCUT2D eigenvalue weighted by molar-refractivity contribution is 5.50. The Morgan fingerprint density at radius 1 is 1.00 bits per heavy atom. The molecule has 0 aliphatic carbocycles. The van der Waals surface area contributed by atoms with Crippen molar-refractivity contribution in [1.29, 1.82) is 0 Å². The fourth-order valence-corrected chi connectivity index (χ4v) is 2.54. The Morgan fingerprint density at radius 3 is 2.11 bits per heavy atom. The maximum absolute atomic E-state index is 6.24. The lowest BCUT2D eigenvalue weighted by Crippen LogP contribution is -2.45. The van der Waals surface area contributed by atoms with Crippen LogP contribution in [-0.4, -0.2) is 18.6 Å². The molecule has 27 heavy (non-hydrogen) atoms. The Labute approximate surface area is 165 Å². The molecule has 0 saturated carbocycles. The molecule has 0 radical (unpaired) electrons. The predicted octanol–water partition coefficient (Wildman–Crippen LogP) is 5.80. The minimum Gasteiger partial charge on any atom is -0.489 e. The maximum Gasteiger partial charge on any atom is 0.119 e. The third-order valence-corrected chi connectivity index (χ3v) is 3.77. The molecule has 0 saturated heterocycles. The van der Waals surface area contributed by atoms with E-state index in [1.54, 1.807) is 0 Å². The van der Waals surface area contributed by atoms with Crippen molar-refractivity contribution in [2.75, 3.05) is 18.0 Å². The van der Waals surface area contributed by atoms with Crippen molar-refractivity contribution in [3.05, 3.63) is 71.8 Å². The van der Waals surface area contributed by atoms with Gasteiger partial charge < -0.3 is 15.4 Å². The molecule has 3 heteroatoms. The molecular formula is C24H36N2O. The number of nitrogens with two attached hydrogens (primary N) is 1. The summed E-state index contributed by atoms with van der Waals surface area (Å²) in [7, 11) is 0. The minimum absolute atomic E-state index is 0.252. The fourth-order valence-electron chi connectivity index (χ4n) is 2.54. The lowest BCUT2D eigenvalue weighted by molar-refractivity contribution is 0.306. The molecule has 0 bridgehead atoms. The van der Waals surface area contributed by atoms with Gasteiger partial charge in [0.1, 0.15) is 12.4 Å². The molecule has 2 rings (SSSR count). The van der Waals surface area contributed by atoms with Crippen LogP contribution in [0.2, 0.25) is 0 Å². The second-order valence-electron chi connectivity index (χ2n) is 7.42. The number of rotatable bonds is 8. The van der Waals surface area contributed by atoms with E-state index in [0.717, 1.165) is 24.5 Å². The Balaban J connectivity index is 0.00000176. The van der Waals surface area contributed by atoms with Gasteiger partial charge in [-0.15, -0.1) is 0 Å². The fraction of sp³-hybridized carbons (Fsp3) is 0.417. The molecule has 0 spiro atoms. The van der Waals surface area contributed by atoms with Gasteiger partial charge in [0.2, 0.25) is 0 Å². The van der Waals surface area contributed by atoms with E-state index in [2.05, 4.69) is 62.9 Å². The molecule has 0 unspecified atom stereocenters. The van der Waals surface area contributed by atoms with E-state index in [9.17, 15) is 0 Å². The smallest absolute Gasteiger partial charge is 0.119 e. The number of ether oxygens (including phenoxy) is 1. The van der Waals surface area contributed by atoms with Crippen LogP contribution in [0.1, 0.15) is 47.1 Å². The monoisotopic (exact) mass is 368 g/mol. The van der Waals surface area contributed by atoms with Crippen molar-refractivity contribution in [2.45, 2.75) is 53.7 Å². The van der Waals surface area contributed by atoms with Gasteiger partial charge in [0.25, 0.3) is 0 Å². The quantitative estimate of drug-likeness (QED) is 0.598. The summed E-state index contributed by atoms with van der Waals surface area (Å²) >= 11 is 0. The average molecular weight is 369 g/mol. The lowest BCUT2D eigenvalue weighted by Gasteiger charge is -2.31. The van der Waals surface area contributed by atoms with E-state index in [-0.39, 0.29) is 5.54 Å². The number of hydrogen-bond acceptors (Lipinski definition) is 3. The van der Waals surface area contributed by atoms with Gasteiger partial charge in [-0.1, -0.05) is 55.8 Å². The highest BCUT2D eigenvalue weighted by atomic mass is 16.5. The summed E-state index contributed by atoms with van der Waals surface area (Å²) in [6.45, 7) is 14.6. The first-order chi connectivity index (χ1) is 12.8. The summed E-state index contributed by atoms with van der Waals surface area (Å²) in [4.78, 5) is 2.30. The third-order valence-electron chi connectivity index (χ3n) is 3.77. The lowest BCUT2D eigenvalue weighted by atomic mass is 10.1. The zero-order chi connectivity index (χ0) is 20.3. The van der Waals surface area contributed by atoms with E-state index in [0.29, 0.717) is 6.61 Å². The second-order valence-corrected chi connectivity index (χ2v) is 7.42. The van der Waals surface area contributed by atoms with Crippen molar-refractivity contribution < 1.29 is 4.74 Å². The molecule has 3 nitrogen and oxygen atoms in total. The van der Waals surface area contributed by atoms with Crippen LogP contribution in [0, 0.1) is 0 Å². The average Bonchev–Trinajstić information content (AvgIpc) is 2.65. The van der Waals surface area contributed by atoms with Gasteiger partial charge in [-0.3, -0.25) is 0 Å². The summed E-state index contributed by atoms with van der Waals surface area (Å²) in [5, 5.41) is 0. The Hall–Kier alpha value is -2.26. The van der Waals surface area contributed by atoms with Crippen LogP contribution in [0.3, 0.4) is 0 Å². The standard InChI is InChI=1S/C22H30N2O.C2H6/c1-18(2)14-15-24(17-22(3,4)23)20-10-12-21(13-11-20)25-16-19-8-6-5-7-9-19;1-2/h5-14H,15-17,23H2,1-4H3;1-2H3. The number of hydrogen-bond donors (Lipinski definition) is 1. The van der Waals surface area contributed by atoms with E-state index in [4.69, 9.17) is 10.5 Å². The topological polar surface area (TPSA) is 38.5 Å². The van der Waals surface area contributed by atoms with Crippen molar-refractivity contribution >= 4 is 5.69 Å². The molecule has 2 aromatic rings. The minimum atomic E-state index is -0.252. The van der Waals surface area contributed by atoms with Crippen LogP contribution in [0.25, 0.3) is 0 Å². The van der Waals surface area contributed by atoms with Crippen LogP contribution >= 0.6 is 0 Å². The Morgan fingerprint density at radius 2 is 1.59 bits per heavy atom. The van der Waals surface area contributed by atoms with E-state index in [1.807, 2.05) is 44.2 Å². The van der Waals surface area contributed by atoms with Crippen molar-refractivity contribution in [1.82, 2.24) is 0 Å². The molecule has 0 atom stereocenters. The highest BCUT2D eigenvalue weighted by Gasteiger charge is 2.16. The number of allylic oxidation sites excluding steroid dienone is 1. The molecule has 2 N–H and O–H groups in total. The molecule has 0 aliphatic rings. The van der Waals surface area contributed by atoms with Crippen LogP contribution < -0.4 is 15.4 Å². The summed E-state index contributed by atoms with van der Waals surface area (Å²) in [6.07, 6.45) is 2.23. The van der Waals surface area contributed by atoms with Gasteiger partial charge in [-0.2, -0.15) is 0 Å². The summed E-state index contributed by atoms with van der Waals surface area (Å²) in [5.74, 6) is 0.877. The zero-order valence-electron chi connectivity index (χ0n) is 17.8. The Bertz CT molecular complexity index is 666. The molecule has 0 amide bonds. The first-order valence-electron chi connectivity index (χ1n) is 9.77. The molecule has 148 valence electrons. The summed E-state index contributed by atoms with van der Waals surface area (Å²) in [6, 6.07) is 18.5. The second kappa shape index (κ2) is 11.5. The van der Waals surface area contributed by atoms with Gasteiger partial charge in [-0.25, -0.2) is 0 Å². The van der Waals surface area contributed by atoms with E-state index in [1.165, 1.54) is 11.1 Å². The van der Waals surface area contributed by atoms with Gasteiger partial charge >= 0.3 is 0 Å². The van der Waals surface area contributed by atoms with Crippen LogP contribution in [-0.2, 0) is 6.61 Å². The van der Waals surface area contributed by atoms with Crippen LogP contribution in [0.4, 0.5) is 5.69 Å². The molecule has 0 aliphatic heterocycles. The molecule has 0 fully saturated rings. The van der Waals surface area contributed by atoms with Crippen LogP contribution in [0.15, 0.2) is 66.2 Å². The van der Waals surface area contributed by atoms with E-state index >= 15 is 0 Å². The third kappa shape index (κ3) is 9.30. The molecule has 2 aromatic carbocycles. The Kier molecular flexibility index (Phi) is 9.66. The number of benzene rings is 2. The first kappa shape index (κ1) is 22.8. The summed E-state index contributed by atoms with van der Waals surface area (Å²) in [5.41, 5.74) is 9.61. The normalized spacial score (nSPS) is 10.5. The molecule has 0 heterocycles. The van der Waals surface area contributed by atoms with Crippen LogP contribution in [0.5, 0.6) is 5.75 Å². The molecule has 0 aromatic heterocycles. The van der Waals surface area contributed by atoms with Gasteiger partial charge in [0.15, 0.2) is 0 Å². The largest absolute Gasteiger partial charge is 0.489 e. The van der Waals surface area contributed by atoms with Gasteiger partial charge in [0, 0.05) is 24.3 Å². The molecular weight excluding hydrogens is 332 g/mol. The zero-order valence-corrected chi connectivity index (χ0v) is 17.8. The number of anilines is 1. The first-order valence-corrected chi connectivity index (χ1v) is 9.77. The van der Waals surface area contributed by atoms with Gasteiger partial charge in [0.05, 0.1) is 0 Å². The van der Waals surface area contributed by atoms with Crippen molar-refractivity contribution in [3.63, 3.8) is 0 Å². The van der Waals surface area contributed by atoms with Crippen molar-refractivity contribution in [3.8, 4) is 5.75 Å². The maximum atomic E-state index is 6.24.